The minimum atomic E-state index is -0.502. The second-order valence-electron chi connectivity index (χ2n) is 8.75. The van der Waals surface area contributed by atoms with E-state index in [-0.39, 0.29) is 34.8 Å². The lowest BCUT2D eigenvalue weighted by Gasteiger charge is -2.53. The molecule has 3 rings (SSSR count). The number of esters is 1. The van der Waals surface area contributed by atoms with Crippen LogP contribution in [0, 0.1) is 11.3 Å². The molecule has 1 saturated carbocycles. The molecule has 2 heterocycles. The van der Waals surface area contributed by atoms with Crippen LogP contribution in [-0.2, 0) is 23.7 Å². The van der Waals surface area contributed by atoms with Gasteiger partial charge in [0.15, 0.2) is 6.29 Å². The molecule has 1 aliphatic carbocycles. The van der Waals surface area contributed by atoms with Crippen LogP contribution in [0.2, 0.25) is 0 Å². The van der Waals surface area contributed by atoms with Gasteiger partial charge in [-0.3, -0.25) is 4.79 Å². The van der Waals surface area contributed by atoms with Gasteiger partial charge in [-0.1, -0.05) is 6.92 Å². The van der Waals surface area contributed by atoms with Crippen molar-refractivity contribution in [3.05, 3.63) is 0 Å². The smallest absolute Gasteiger partial charge is 0.303 e. The Labute approximate surface area is 145 Å². The van der Waals surface area contributed by atoms with Crippen molar-refractivity contribution in [1.82, 2.24) is 0 Å². The monoisotopic (exact) mass is 340 g/mol. The van der Waals surface area contributed by atoms with E-state index in [0.717, 1.165) is 32.3 Å². The largest absolute Gasteiger partial charge is 0.460 e. The molecule has 0 aromatic heterocycles. The summed E-state index contributed by atoms with van der Waals surface area (Å²) in [6.45, 7) is 13.3. The quantitative estimate of drug-likeness (QED) is 0.734. The van der Waals surface area contributed by atoms with Gasteiger partial charge in [-0.05, 0) is 47.0 Å². The molecule has 5 unspecified atom stereocenters. The van der Waals surface area contributed by atoms with Gasteiger partial charge >= 0.3 is 5.97 Å². The summed E-state index contributed by atoms with van der Waals surface area (Å²) >= 11 is 0. The highest BCUT2D eigenvalue weighted by Gasteiger charge is 2.73. The number of carbonyl (C=O) groups excluding carboxylic acids is 1. The van der Waals surface area contributed by atoms with Gasteiger partial charge in [0.1, 0.15) is 11.2 Å². The molecule has 0 aromatic carbocycles. The summed E-state index contributed by atoms with van der Waals surface area (Å²) in [5.41, 5.74) is -1.23. The topological polar surface area (TPSA) is 54.0 Å². The molecule has 5 nitrogen and oxygen atoms in total. The van der Waals surface area contributed by atoms with E-state index < -0.39 is 5.60 Å². The van der Waals surface area contributed by atoms with Crippen molar-refractivity contribution >= 4 is 5.97 Å². The summed E-state index contributed by atoms with van der Waals surface area (Å²) in [4.78, 5) is 11.5. The van der Waals surface area contributed by atoms with Crippen molar-refractivity contribution in [3.8, 4) is 0 Å². The summed E-state index contributed by atoms with van der Waals surface area (Å²) in [6.07, 6.45) is 3.41. The molecule has 0 radical (unpaired) electrons. The number of carbonyl (C=O) groups is 1. The normalized spacial score (nSPS) is 44.9. The number of hydrogen-bond donors (Lipinski definition) is 0. The standard InChI is InChI=1S/C19H32O5/c1-7-21-15-11-18(6)19(24-15)10-14(16(3,4)23-13(2)20)8-9-17(19,5)12-22-18/h14-15H,7-12H2,1-6H3. The van der Waals surface area contributed by atoms with Crippen LogP contribution < -0.4 is 0 Å². The fourth-order valence-electron chi connectivity index (χ4n) is 5.32. The molecule has 1 spiro atoms. The van der Waals surface area contributed by atoms with Crippen LogP contribution in [0.3, 0.4) is 0 Å². The molecule has 0 N–H and O–H groups in total. The molecule has 5 atom stereocenters. The Kier molecular flexibility index (Phi) is 4.30. The zero-order valence-corrected chi connectivity index (χ0v) is 15.9. The maximum absolute atomic E-state index is 11.5. The molecule has 0 bridgehead atoms. The molecule has 0 aromatic rings. The minimum Gasteiger partial charge on any atom is -0.460 e. The summed E-state index contributed by atoms with van der Waals surface area (Å²) < 4.78 is 24.3. The fourth-order valence-corrected chi connectivity index (χ4v) is 5.32. The summed E-state index contributed by atoms with van der Waals surface area (Å²) in [5, 5.41) is 0. The van der Waals surface area contributed by atoms with Gasteiger partial charge < -0.3 is 18.9 Å². The molecular weight excluding hydrogens is 308 g/mol. The summed E-state index contributed by atoms with van der Waals surface area (Å²) in [5.74, 6) is 0.0201. The van der Waals surface area contributed by atoms with Gasteiger partial charge in [0, 0.05) is 31.3 Å². The Morgan fingerprint density at radius 3 is 2.62 bits per heavy atom. The Balaban J connectivity index is 1.90. The Bertz CT molecular complexity index is 518. The van der Waals surface area contributed by atoms with Crippen LogP contribution in [0.15, 0.2) is 0 Å². The van der Waals surface area contributed by atoms with Crippen LogP contribution >= 0.6 is 0 Å². The van der Waals surface area contributed by atoms with Gasteiger partial charge in [0.05, 0.1) is 12.2 Å². The van der Waals surface area contributed by atoms with E-state index in [9.17, 15) is 4.79 Å². The van der Waals surface area contributed by atoms with E-state index in [1.807, 2.05) is 20.8 Å². The predicted molar refractivity (Wildman–Crippen MR) is 89.5 cm³/mol. The Morgan fingerprint density at radius 1 is 1.29 bits per heavy atom. The lowest BCUT2D eigenvalue weighted by atomic mass is 9.56. The first kappa shape index (κ1) is 18.2. The molecule has 2 aliphatic heterocycles. The van der Waals surface area contributed by atoms with Crippen molar-refractivity contribution in [3.63, 3.8) is 0 Å². The van der Waals surface area contributed by atoms with E-state index in [1.165, 1.54) is 6.92 Å². The van der Waals surface area contributed by atoms with E-state index in [4.69, 9.17) is 18.9 Å². The highest BCUT2D eigenvalue weighted by molar-refractivity contribution is 5.66. The van der Waals surface area contributed by atoms with E-state index in [1.54, 1.807) is 0 Å². The number of rotatable bonds is 4. The second-order valence-corrected chi connectivity index (χ2v) is 8.75. The molecule has 138 valence electrons. The Morgan fingerprint density at radius 2 is 2.00 bits per heavy atom. The molecule has 3 aliphatic rings. The van der Waals surface area contributed by atoms with E-state index >= 15 is 0 Å². The van der Waals surface area contributed by atoms with Crippen LogP contribution in [0.5, 0.6) is 0 Å². The van der Waals surface area contributed by atoms with Crippen molar-refractivity contribution < 1.29 is 23.7 Å². The molecule has 2 saturated heterocycles. The van der Waals surface area contributed by atoms with Gasteiger partial charge in [-0.25, -0.2) is 0 Å². The van der Waals surface area contributed by atoms with Gasteiger partial charge in [-0.15, -0.1) is 0 Å². The fraction of sp³-hybridized carbons (Fsp3) is 0.947. The lowest BCUT2D eigenvalue weighted by Crippen LogP contribution is -2.60. The summed E-state index contributed by atoms with van der Waals surface area (Å²) in [6, 6.07) is 0. The average molecular weight is 340 g/mol. The SMILES string of the molecule is CCOC1CC2(C)OCC3(C)CCC(C(C)(C)OC(C)=O)CC32O1. The Hall–Kier alpha value is -0.650. The zero-order chi connectivity index (χ0) is 17.8. The number of hydrogen-bond acceptors (Lipinski definition) is 5. The molecule has 24 heavy (non-hydrogen) atoms. The first-order chi connectivity index (χ1) is 11.1. The zero-order valence-electron chi connectivity index (χ0n) is 15.9. The maximum Gasteiger partial charge on any atom is 0.303 e. The van der Waals surface area contributed by atoms with E-state index in [2.05, 4.69) is 13.8 Å². The van der Waals surface area contributed by atoms with Gasteiger partial charge in [-0.2, -0.15) is 0 Å². The van der Waals surface area contributed by atoms with Crippen molar-refractivity contribution in [2.75, 3.05) is 13.2 Å². The van der Waals surface area contributed by atoms with Gasteiger partial charge in [0.2, 0.25) is 0 Å². The molecule has 0 amide bonds. The molecule has 3 fully saturated rings. The number of ether oxygens (including phenoxy) is 4. The van der Waals surface area contributed by atoms with Crippen molar-refractivity contribution in [2.45, 2.75) is 90.3 Å². The third kappa shape index (κ3) is 2.51. The maximum atomic E-state index is 11.5. The highest BCUT2D eigenvalue weighted by Crippen LogP contribution is 2.65. The van der Waals surface area contributed by atoms with Crippen LogP contribution in [0.4, 0.5) is 0 Å². The van der Waals surface area contributed by atoms with Crippen molar-refractivity contribution in [2.24, 2.45) is 11.3 Å². The van der Waals surface area contributed by atoms with E-state index in [0.29, 0.717) is 6.61 Å². The summed E-state index contributed by atoms with van der Waals surface area (Å²) in [7, 11) is 0. The van der Waals surface area contributed by atoms with Crippen LogP contribution in [0.1, 0.15) is 67.2 Å². The minimum absolute atomic E-state index is 0.0175. The third-order valence-electron chi connectivity index (χ3n) is 6.75. The average Bonchev–Trinajstić information content (AvgIpc) is 2.84. The third-order valence-corrected chi connectivity index (χ3v) is 6.75. The highest BCUT2D eigenvalue weighted by atomic mass is 16.7. The first-order valence-electron chi connectivity index (χ1n) is 9.20. The van der Waals surface area contributed by atoms with Crippen molar-refractivity contribution in [1.29, 1.82) is 0 Å². The van der Waals surface area contributed by atoms with Crippen LogP contribution in [-0.4, -0.2) is 42.3 Å². The molecular formula is C19H32O5. The predicted octanol–water partition coefficient (Wildman–Crippen LogP) is 3.45. The molecule has 5 heteroatoms. The van der Waals surface area contributed by atoms with Crippen LogP contribution in [0.25, 0.3) is 0 Å². The lowest BCUT2D eigenvalue weighted by molar-refractivity contribution is -0.229. The first-order valence-corrected chi connectivity index (χ1v) is 9.20. The van der Waals surface area contributed by atoms with Gasteiger partial charge in [0.25, 0.3) is 0 Å². The second kappa shape index (κ2) is 5.68.